The summed E-state index contributed by atoms with van der Waals surface area (Å²) in [6.07, 6.45) is -0.258. The summed E-state index contributed by atoms with van der Waals surface area (Å²) in [5.41, 5.74) is 13.3. The third-order valence-corrected chi connectivity index (χ3v) is 1.83. The van der Waals surface area contributed by atoms with Crippen LogP contribution in [0.5, 0.6) is 0 Å². The molecule has 56 valence electrons. The molecule has 4 N–H and O–H groups in total. The van der Waals surface area contributed by atoms with E-state index in [-0.39, 0.29) is 6.17 Å². The van der Waals surface area contributed by atoms with Crippen molar-refractivity contribution in [1.82, 2.24) is 0 Å². The zero-order valence-electron chi connectivity index (χ0n) is 5.99. The number of hydrogen-bond donors (Lipinski definition) is 2. The molecule has 0 radical (unpaired) electrons. The largest absolute Gasteiger partial charge is 0.383 e. The molecule has 0 bridgehead atoms. The minimum absolute atomic E-state index is 0.258. The molecule has 0 aliphatic carbocycles. The standard InChI is InChI=1S/C8H9N3/c9-7-5-3-1-2-4-6(5)8(10)11-7/h1-4,7H,9H2,(H2,10,11). The van der Waals surface area contributed by atoms with Gasteiger partial charge < -0.3 is 11.5 Å². The molecular formula is C8H9N3. The van der Waals surface area contributed by atoms with E-state index in [9.17, 15) is 0 Å². The summed E-state index contributed by atoms with van der Waals surface area (Å²) in [5, 5.41) is 0. The average molecular weight is 147 g/mol. The molecule has 0 amide bonds. The first-order chi connectivity index (χ1) is 5.29. The quantitative estimate of drug-likeness (QED) is 0.556. The van der Waals surface area contributed by atoms with Crippen molar-refractivity contribution < 1.29 is 0 Å². The van der Waals surface area contributed by atoms with Crippen molar-refractivity contribution in [2.24, 2.45) is 16.5 Å². The molecule has 1 atom stereocenters. The molecule has 0 saturated carbocycles. The van der Waals surface area contributed by atoms with Gasteiger partial charge in [-0.1, -0.05) is 24.3 Å². The van der Waals surface area contributed by atoms with Crippen molar-refractivity contribution in [2.45, 2.75) is 6.17 Å². The highest BCUT2D eigenvalue weighted by molar-refractivity contribution is 6.01. The lowest BCUT2D eigenvalue weighted by molar-refractivity contribution is 0.795. The lowest BCUT2D eigenvalue weighted by Gasteiger charge is -2.00. The predicted molar refractivity (Wildman–Crippen MR) is 44.1 cm³/mol. The highest BCUT2D eigenvalue weighted by Crippen LogP contribution is 2.22. The maximum absolute atomic E-state index is 5.67. The molecule has 11 heavy (non-hydrogen) atoms. The topological polar surface area (TPSA) is 64.4 Å². The van der Waals surface area contributed by atoms with E-state index in [0.29, 0.717) is 5.84 Å². The number of nitrogens with zero attached hydrogens (tertiary/aromatic N) is 1. The van der Waals surface area contributed by atoms with E-state index >= 15 is 0 Å². The van der Waals surface area contributed by atoms with Crippen molar-refractivity contribution in [3.8, 4) is 0 Å². The molecule has 0 aromatic heterocycles. The van der Waals surface area contributed by atoms with Gasteiger partial charge >= 0.3 is 0 Å². The molecule has 2 rings (SSSR count). The van der Waals surface area contributed by atoms with Crippen LogP contribution in [0.1, 0.15) is 17.3 Å². The second kappa shape index (κ2) is 2.07. The summed E-state index contributed by atoms with van der Waals surface area (Å²) in [6, 6.07) is 7.75. The Morgan fingerprint density at radius 2 is 2.00 bits per heavy atom. The number of aliphatic imine (C=N–C) groups is 1. The highest BCUT2D eigenvalue weighted by atomic mass is 15.0. The summed E-state index contributed by atoms with van der Waals surface area (Å²) in [4.78, 5) is 4.03. The van der Waals surface area contributed by atoms with E-state index in [1.165, 1.54) is 0 Å². The van der Waals surface area contributed by atoms with Crippen LogP contribution in [0.2, 0.25) is 0 Å². The number of fused-ring (bicyclic) bond motifs is 1. The number of nitrogens with two attached hydrogens (primary N) is 2. The van der Waals surface area contributed by atoms with Crippen LogP contribution in [0, 0.1) is 0 Å². The maximum Gasteiger partial charge on any atom is 0.128 e. The molecule has 0 saturated heterocycles. The molecule has 1 aromatic rings. The van der Waals surface area contributed by atoms with E-state index in [0.717, 1.165) is 11.1 Å². The van der Waals surface area contributed by atoms with Gasteiger partial charge in [-0.25, -0.2) is 4.99 Å². The van der Waals surface area contributed by atoms with Crippen LogP contribution in [0.15, 0.2) is 29.3 Å². The third-order valence-electron chi connectivity index (χ3n) is 1.83. The van der Waals surface area contributed by atoms with Crippen LogP contribution in [0.4, 0.5) is 0 Å². The lowest BCUT2D eigenvalue weighted by atomic mass is 10.1. The molecule has 3 nitrogen and oxygen atoms in total. The van der Waals surface area contributed by atoms with Gasteiger partial charge in [0, 0.05) is 11.1 Å². The van der Waals surface area contributed by atoms with Gasteiger partial charge in [0.2, 0.25) is 0 Å². The fourth-order valence-corrected chi connectivity index (χ4v) is 1.28. The van der Waals surface area contributed by atoms with E-state index in [2.05, 4.69) is 4.99 Å². The van der Waals surface area contributed by atoms with Gasteiger partial charge in [0.15, 0.2) is 0 Å². The van der Waals surface area contributed by atoms with Gasteiger partial charge in [0.25, 0.3) is 0 Å². The Bertz CT molecular complexity index is 317. The van der Waals surface area contributed by atoms with Crippen molar-refractivity contribution in [3.05, 3.63) is 35.4 Å². The molecule has 1 unspecified atom stereocenters. The number of benzene rings is 1. The minimum atomic E-state index is -0.258. The van der Waals surface area contributed by atoms with Crippen LogP contribution >= 0.6 is 0 Å². The first-order valence-corrected chi connectivity index (χ1v) is 3.47. The minimum Gasteiger partial charge on any atom is -0.383 e. The van der Waals surface area contributed by atoms with Crippen LogP contribution < -0.4 is 11.5 Å². The van der Waals surface area contributed by atoms with Gasteiger partial charge in [-0.3, -0.25) is 0 Å². The predicted octanol–water partition coefficient (Wildman–Crippen LogP) is 0.363. The van der Waals surface area contributed by atoms with E-state index in [4.69, 9.17) is 11.5 Å². The van der Waals surface area contributed by atoms with Crippen molar-refractivity contribution in [1.29, 1.82) is 0 Å². The fraction of sp³-hybridized carbons (Fsp3) is 0.125. The molecule has 1 aromatic carbocycles. The van der Waals surface area contributed by atoms with Gasteiger partial charge in [-0.2, -0.15) is 0 Å². The molecule has 0 fully saturated rings. The Kier molecular flexibility index (Phi) is 1.20. The summed E-state index contributed by atoms with van der Waals surface area (Å²) in [6.45, 7) is 0. The van der Waals surface area contributed by atoms with Crippen LogP contribution in [-0.4, -0.2) is 5.84 Å². The number of hydrogen-bond acceptors (Lipinski definition) is 3. The second-order valence-electron chi connectivity index (χ2n) is 2.55. The second-order valence-corrected chi connectivity index (χ2v) is 2.55. The normalized spacial score (nSPS) is 21.2. The highest BCUT2D eigenvalue weighted by Gasteiger charge is 2.18. The van der Waals surface area contributed by atoms with E-state index in [1.54, 1.807) is 0 Å². The zero-order chi connectivity index (χ0) is 7.84. The zero-order valence-corrected chi connectivity index (χ0v) is 5.99. The van der Waals surface area contributed by atoms with Crippen LogP contribution in [-0.2, 0) is 0 Å². The van der Waals surface area contributed by atoms with E-state index < -0.39 is 0 Å². The number of amidine groups is 1. The summed E-state index contributed by atoms with van der Waals surface area (Å²) >= 11 is 0. The molecular weight excluding hydrogens is 138 g/mol. The van der Waals surface area contributed by atoms with Gasteiger partial charge in [0.05, 0.1) is 0 Å². The van der Waals surface area contributed by atoms with Crippen LogP contribution in [0.25, 0.3) is 0 Å². The molecule has 1 aliphatic rings. The average Bonchev–Trinajstić information content (AvgIpc) is 2.30. The fourth-order valence-electron chi connectivity index (χ4n) is 1.28. The first kappa shape index (κ1) is 6.37. The Labute approximate surface area is 64.7 Å². The van der Waals surface area contributed by atoms with Crippen molar-refractivity contribution in [2.75, 3.05) is 0 Å². The summed E-state index contributed by atoms with van der Waals surface area (Å²) < 4.78 is 0. The maximum atomic E-state index is 5.67. The summed E-state index contributed by atoms with van der Waals surface area (Å²) in [7, 11) is 0. The Hall–Kier alpha value is -1.35. The van der Waals surface area contributed by atoms with Gasteiger partial charge in [0.1, 0.15) is 12.0 Å². The molecule has 3 heteroatoms. The summed E-state index contributed by atoms with van der Waals surface area (Å²) in [5.74, 6) is 0.549. The van der Waals surface area contributed by atoms with Gasteiger partial charge in [-0.15, -0.1) is 0 Å². The number of rotatable bonds is 0. The Morgan fingerprint density at radius 1 is 1.27 bits per heavy atom. The van der Waals surface area contributed by atoms with Crippen molar-refractivity contribution >= 4 is 5.84 Å². The monoisotopic (exact) mass is 147 g/mol. The third kappa shape index (κ3) is 0.816. The first-order valence-electron chi connectivity index (χ1n) is 3.47. The van der Waals surface area contributed by atoms with E-state index in [1.807, 2.05) is 24.3 Å². The molecule has 0 spiro atoms. The Morgan fingerprint density at radius 3 is 2.73 bits per heavy atom. The molecule has 1 heterocycles. The lowest BCUT2D eigenvalue weighted by Crippen LogP contribution is -2.09. The van der Waals surface area contributed by atoms with Crippen molar-refractivity contribution in [3.63, 3.8) is 0 Å². The van der Waals surface area contributed by atoms with Gasteiger partial charge in [-0.05, 0) is 0 Å². The smallest absolute Gasteiger partial charge is 0.128 e. The molecule has 1 aliphatic heterocycles. The van der Waals surface area contributed by atoms with Crippen LogP contribution in [0.3, 0.4) is 0 Å². The SMILES string of the molecule is NC1=NC(N)c2ccccc21. The Balaban J connectivity index is 2.62.